The highest BCUT2D eigenvalue weighted by atomic mass is 16.4. The minimum absolute atomic E-state index is 0.0631. The van der Waals surface area contributed by atoms with Crippen molar-refractivity contribution in [3.05, 3.63) is 81.1 Å². The van der Waals surface area contributed by atoms with Crippen molar-refractivity contribution in [1.29, 1.82) is 0 Å². The third-order valence-electron chi connectivity index (χ3n) is 6.64. The summed E-state index contributed by atoms with van der Waals surface area (Å²) in [5.41, 5.74) is 6.97. The maximum Gasteiger partial charge on any atom is 0.417 e. The molecule has 1 saturated heterocycles. The van der Waals surface area contributed by atoms with E-state index in [0.717, 1.165) is 36.2 Å². The van der Waals surface area contributed by atoms with Gasteiger partial charge < -0.3 is 20.0 Å². The number of aromatic amines is 1. The van der Waals surface area contributed by atoms with Crippen LogP contribution in [0.3, 0.4) is 0 Å². The van der Waals surface area contributed by atoms with Gasteiger partial charge in [-0.1, -0.05) is 19.4 Å². The van der Waals surface area contributed by atoms with Gasteiger partial charge in [-0.15, -0.1) is 0 Å². The molecule has 0 aliphatic carbocycles. The second-order valence-corrected chi connectivity index (χ2v) is 9.76. The molecule has 5 rings (SSSR count). The predicted octanol–water partition coefficient (Wildman–Crippen LogP) is 4.23. The van der Waals surface area contributed by atoms with Crippen molar-refractivity contribution >= 4 is 28.6 Å². The van der Waals surface area contributed by atoms with Gasteiger partial charge in [-0.2, -0.15) is 0 Å². The number of carbonyl (C=O) groups excluding carboxylic acids is 1. The van der Waals surface area contributed by atoms with Crippen LogP contribution in [0.5, 0.6) is 0 Å². The van der Waals surface area contributed by atoms with E-state index in [-0.39, 0.29) is 11.9 Å². The molecule has 1 fully saturated rings. The van der Waals surface area contributed by atoms with E-state index < -0.39 is 5.76 Å². The summed E-state index contributed by atoms with van der Waals surface area (Å²) in [7, 11) is 0. The molecule has 1 amide bonds. The minimum atomic E-state index is -0.523. The van der Waals surface area contributed by atoms with Gasteiger partial charge >= 0.3 is 5.76 Å². The molecule has 4 aromatic rings. The molecule has 0 spiro atoms. The molecule has 9 nitrogen and oxygen atoms in total. The van der Waals surface area contributed by atoms with Crippen LogP contribution in [0, 0.1) is 13.8 Å². The Hall–Kier alpha value is -3.98. The monoisotopic (exact) mass is 500 g/mol. The highest BCUT2D eigenvalue weighted by molar-refractivity contribution is 5.97. The molecule has 1 atom stereocenters. The van der Waals surface area contributed by atoms with E-state index >= 15 is 0 Å². The maximum atomic E-state index is 13.0. The van der Waals surface area contributed by atoms with Crippen LogP contribution >= 0.6 is 0 Å². The molecule has 0 bridgehead atoms. The molecule has 1 unspecified atom stereocenters. The smallest absolute Gasteiger partial charge is 0.408 e. The first-order valence-corrected chi connectivity index (χ1v) is 12.7. The van der Waals surface area contributed by atoms with Gasteiger partial charge in [-0.3, -0.25) is 9.78 Å². The molecule has 3 heterocycles. The Morgan fingerprint density at radius 3 is 2.78 bits per heavy atom. The Morgan fingerprint density at radius 1 is 1.19 bits per heavy atom. The van der Waals surface area contributed by atoms with Crippen molar-refractivity contribution in [2.75, 3.05) is 18.4 Å². The van der Waals surface area contributed by atoms with Gasteiger partial charge in [0.25, 0.3) is 5.91 Å². The van der Waals surface area contributed by atoms with Crippen molar-refractivity contribution in [3.63, 3.8) is 0 Å². The minimum Gasteiger partial charge on any atom is -0.408 e. The zero-order chi connectivity index (χ0) is 25.9. The zero-order valence-corrected chi connectivity index (χ0v) is 21.4. The molecule has 3 N–H and O–H groups in total. The number of fused-ring (bicyclic) bond motifs is 1. The van der Waals surface area contributed by atoms with Crippen molar-refractivity contribution < 1.29 is 9.21 Å². The van der Waals surface area contributed by atoms with E-state index in [0.29, 0.717) is 42.2 Å². The first-order valence-electron chi connectivity index (χ1n) is 12.7. The summed E-state index contributed by atoms with van der Waals surface area (Å²) in [6.45, 7) is 8.23. The Bertz CT molecular complexity index is 1470. The number of oxazole rings is 1. The van der Waals surface area contributed by atoms with E-state index in [9.17, 15) is 9.59 Å². The predicted molar refractivity (Wildman–Crippen MR) is 143 cm³/mol. The summed E-state index contributed by atoms with van der Waals surface area (Å²) in [5.74, 6) is 0.0162. The van der Waals surface area contributed by atoms with E-state index in [2.05, 4.69) is 59.6 Å². The second kappa shape index (κ2) is 10.6. The van der Waals surface area contributed by atoms with Gasteiger partial charge in [-0.05, 0) is 68.1 Å². The number of hydrogen-bond donors (Lipinski definition) is 3. The van der Waals surface area contributed by atoms with Crippen LogP contribution in [0.4, 0.5) is 11.6 Å². The normalized spacial score (nSPS) is 15.4. The second-order valence-electron chi connectivity index (χ2n) is 9.76. The number of amides is 1. The van der Waals surface area contributed by atoms with E-state index in [1.165, 1.54) is 11.1 Å². The number of likely N-dealkylation sites (tertiary alicyclic amines) is 1. The van der Waals surface area contributed by atoms with Gasteiger partial charge in [0.1, 0.15) is 0 Å². The van der Waals surface area contributed by atoms with Gasteiger partial charge in [-0.25, -0.2) is 14.8 Å². The highest BCUT2D eigenvalue weighted by Gasteiger charge is 2.27. The molecule has 2 aromatic heterocycles. The summed E-state index contributed by atoms with van der Waals surface area (Å²) in [5, 5.41) is 6.93. The average molecular weight is 501 g/mol. The fraction of sp³-hybridized carbons (Fsp3) is 0.357. The van der Waals surface area contributed by atoms with Gasteiger partial charge in [0.2, 0.25) is 5.95 Å². The molecule has 1 aliphatic rings. The van der Waals surface area contributed by atoms with Crippen molar-refractivity contribution in [2.45, 2.75) is 52.6 Å². The number of H-pyrrole nitrogens is 1. The summed E-state index contributed by atoms with van der Waals surface area (Å²) in [4.78, 5) is 38.3. The lowest BCUT2D eigenvalue weighted by molar-refractivity contribution is 0.0789. The lowest BCUT2D eigenvalue weighted by Gasteiger charge is -2.18. The number of benzene rings is 2. The fourth-order valence-corrected chi connectivity index (χ4v) is 4.91. The molecule has 2 aromatic carbocycles. The number of hydrogen-bond acceptors (Lipinski definition) is 7. The zero-order valence-electron chi connectivity index (χ0n) is 21.4. The van der Waals surface area contributed by atoms with Crippen LogP contribution in [-0.4, -0.2) is 44.9 Å². The van der Waals surface area contributed by atoms with Crippen LogP contribution in [0.2, 0.25) is 0 Å². The molecule has 1 aliphatic heterocycles. The van der Waals surface area contributed by atoms with Crippen LogP contribution in [0.1, 0.15) is 52.5 Å². The van der Waals surface area contributed by atoms with Crippen LogP contribution in [0.15, 0.2) is 51.8 Å². The van der Waals surface area contributed by atoms with Crippen LogP contribution < -0.4 is 16.4 Å². The Balaban J connectivity index is 1.21. The van der Waals surface area contributed by atoms with E-state index in [4.69, 9.17) is 9.40 Å². The lowest BCUT2D eigenvalue weighted by atomic mass is 10.1. The first kappa shape index (κ1) is 24.7. The topological polar surface area (TPSA) is 116 Å². The van der Waals surface area contributed by atoms with Gasteiger partial charge in [0, 0.05) is 48.7 Å². The number of nitrogens with zero attached hydrogens (tertiary/aromatic N) is 3. The Kier molecular flexibility index (Phi) is 7.05. The van der Waals surface area contributed by atoms with Crippen molar-refractivity contribution in [1.82, 2.24) is 25.2 Å². The third kappa shape index (κ3) is 5.72. The number of rotatable bonds is 8. The summed E-state index contributed by atoms with van der Waals surface area (Å²) in [6.07, 6.45) is 4.62. The van der Waals surface area contributed by atoms with Gasteiger partial charge in [0.05, 0.1) is 11.2 Å². The number of anilines is 2. The SMILES string of the molecule is CCCc1nc(Nc2cc(C)cc(C)c2)ncc1CNC1CCN(C(=O)c2ccc3[nH]c(=O)oc3c2)C1. The molecular formula is C28H32N6O3. The van der Waals surface area contributed by atoms with Crippen molar-refractivity contribution in [3.8, 4) is 0 Å². The Labute approximate surface area is 215 Å². The molecule has 192 valence electrons. The number of aryl methyl sites for hydroxylation is 3. The first-order chi connectivity index (χ1) is 17.9. The number of carbonyl (C=O) groups is 1. The molecule has 37 heavy (non-hydrogen) atoms. The standard InChI is InChI=1S/C28H32N6O3/c1-4-5-23-20(15-30-27(32-23)31-22-11-17(2)10-18(3)12-22)14-29-21-8-9-34(16-21)26(35)19-6-7-24-25(13-19)37-28(36)33-24/h6-7,10-13,15,21,29H,4-5,8-9,14,16H2,1-3H3,(H,33,36)(H,30,31,32). The summed E-state index contributed by atoms with van der Waals surface area (Å²) < 4.78 is 5.10. The van der Waals surface area contributed by atoms with Crippen LogP contribution in [-0.2, 0) is 13.0 Å². The van der Waals surface area contributed by atoms with Crippen LogP contribution in [0.25, 0.3) is 11.1 Å². The third-order valence-corrected chi connectivity index (χ3v) is 6.64. The fourth-order valence-electron chi connectivity index (χ4n) is 4.91. The van der Waals surface area contributed by atoms with Gasteiger partial charge in [0.15, 0.2) is 5.58 Å². The summed E-state index contributed by atoms with van der Waals surface area (Å²) >= 11 is 0. The molecule has 9 heteroatoms. The lowest BCUT2D eigenvalue weighted by Crippen LogP contribution is -2.35. The maximum absolute atomic E-state index is 13.0. The largest absolute Gasteiger partial charge is 0.417 e. The Morgan fingerprint density at radius 2 is 2.00 bits per heavy atom. The number of nitrogens with one attached hydrogen (secondary N) is 3. The van der Waals surface area contributed by atoms with E-state index in [1.807, 2.05) is 11.1 Å². The molecule has 0 saturated carbocycles. The summed E-state index contributed by atoms with van der Waals surface area (Å²) in [6, 6.07) is 11.5. The van der Waals surface area contributed by atoms with Crippen molar-refractivity contribution in [2.24, 2.45) is 0 Å². The average Bonchev–Trinajstić information content (AvgIpc) is 3.48. The molecular weight excluding hydrogens is 468 g/mol. The quantitative estimate of drug-likeness (QED) is 0.332. The number of aromatic nitrogens is 3. The highest BCUT2D eigenvalue weighted by Crippen LogP contribution is 2.20. The molecule has 0 radical (unpaired) electrons. The van der Waals surface area contributed by atoms with E-state index in [1.54, 1.807) is 18.2 Å².